The van der Waals surface area contributed by atoms with Crippen LogP contribution in [0.3, 0.4) is 0 Å². The quantitative estimate of drug-likeness (QED) is 0.836. The molecule has 0 aliphatic rings. The second kappa shape index (κ2) is 3.79. The monoisotopic (exact) mass is 282 g/mol. The molecule has 0 fully saturated rings. The largest absolute Gasteiger partial charge is 0.421 e. The zero-order valence-corrected chi connectivity index (χ0v) is 9.78. The van der Waals surface area contributed by atoms with Crippen LogP contribution in [0.4, 0.5) is 13.2 Å². The third-order valence-corrected chi connectivity index (χ3v) is 3.20. The number of aliphatic hydroxyl groups is 1. The van der Waals surface area contributed by atoms with E-state index in [0.717, 1.165) is 6.92 Å². The molecule has 0 spiro atoms. The van der Waals surface area contributed by atoms with Crippen LogP contribution < -0.4 is 0 Å². The standard InChI is InChI=1S/C10H10BrF3O/c1-6-7(4-3-5-8(6)11)9(2,15)10(12,13)14/h3-5,15H,1-2H3. The van der Waals surface area contributed by atoms with Gasteiger partial charge >= 0.3 is 6.18 Å². The molecule has 5 heteroatoms. The summed E-state index contributed by atoms with van der Waals surface area (Å²) < 4.78 is 38.2. The van der Waals surface area contributed by atoms with Crippen LogP contribution in [0.1, 0.15) is 18.1 Å². The molecule has 0 aliphatic heterocycles. The molecule has 0 aliphatic carbocycles. The van der Waals surface area contributed by atoms with Gasteiger partial charge in [-0.25, -0.2) is 0 Å². The Hall–Kier alpha value is -0.550. The fraction of sp³-hybridized carbons (Fsp3) is 0.400. The Bertz CT molecular complexity index is 371. The molecule has 0 heterocycles. The topological polar surface area (TPSA) is 20.2 Å². The molecular weight excluding hydrogens is 273 g/mol. The van der Waals surface area contributed by atoms with Gasteiger partial charge in [0, 0.05) is 4.47 Å². The van der Waals surface area contributed by atoms with Gasteiger partial charge in [0.1, 0.15) is 0 Å². The van der Waals surface area contributed by atoms with Crippen LogP contribution in [-0.4, -0.2) is 11.3 Å². The number of halogens is 4. The first kappa shape index (κ1) is 12.5. The number of rotatable bonds is 1. The second-order valence-corrected chi connectivity index (χ2v) is 4.34. The summed E-state index contributed by atoms with van der Waals surface area (Å²) in [5.41, 5.74) is -2.56. The highest BCUT2D eigenvalue weighted by Crippen LogP contribution is 2.40. The van der Waals surface area contributed by atoms with Crippen molar-refractivity contribution in [2.75, 3.05) is 0 Å². The molecule has 0 saturated heterocycles. The van der Waals surface area contributed by atoms with Crippen LogP contribution >= 0.6 is 15.9 Å². The van der Waals surface area contributed by atoms with Crippen molar-refractivity contribution >= 4 is 15.9 Å². The minimum atomic E-state index is -4.68. The lowest BCUT2D eigenvalue weighted by Gasteiger charge is -2.28. The van der Waals surface area contributed by atoms with E-state index in [1.807, 2.05) is 0 Å². The maximum atomic E-state index is 12.6. The van der Waals surface area contributed by atoms with Crippen molar-refractivity contribution in [3.63, 3.8) is 0 Å². The summed E-state index contributed by atoms with van der Waals surface area (Å²) in [7, 11) is 0. The Balaban J connectivity index is 3.34. The molecule has 1 N–H and O–H groups in total. The molecule has 0 radical (unpaired) electrons. The predicted octanol–water partition coefficient (Wildman–Crippen LogP) is 3.53. The van der Waals surface area contributed by atoms with Crippen molar-refractivity contribution in [1.82, 2.24) is 0 Å². The van der Waals surface area contributed by atoms with E-state index >= 15 is 0 Å². The van der Waals surface area contributed by atoms with E-state index < -0.39 is 11.8 Å². The molecule has 1 aromatic carbocycles. The molecule has 1 aromatic rings. The van der Waals surface area contributed by atoms with Gasteiger partial charge in [0.25, 0.3) is 0 Å². The van der Waals surface area contributed by atoms with Crippen molar-refractivity contribution in [1.29, 1.82) is 0 Å². The summed E-state index contributed by atoms with van der Waals surface area (Å²) in [5.74, 6) is 0. The normalized spacial score (nSPS) is 16.2. The average Bonchev–Trinajstić information content (AvgIpc) is 2.07. The number of benzene rings is 1. The molecule has 1 rings (SSSR count). The Kier molecular flexibility index (Phi) is 3.16. The first-order chi connectivity index (χ1) is 6.68. The van der Waals surface area contributed by atoms with Crippen LogP contribution in [-0.2, 0) is 5.60 Å². The van der Waals surface area contributed by atoms with Gasteiger partial charge in [-0.2, -0.15) is 13.2 Å². The lowest BCUT2D eigenvalue weighted by Crippen LogP contribution is -2.39. The molecule has 84 valence electrons. The molecule has 1 nitrogen and oxygen atoms in total. The van der Waals surface area contributed by atoms with Crippen molar-refractivity contribution in [2.45, 2.75) is 25.6 Å². The number of hydrogen-bond acceptors (Lipinski definition) is 1. The Morgan fingerprint density at radius 3 is 2.27 bits per heavy atom. The summed E-state index contributed by atoms with van der Waals surface area (Å²) in [6, 6.07) is 4.37. The van der Waals surface area contributed by atoms with E-state index in [-0.39, 0.29) is 5.56 Å². The highest BCUT2D eigenvalue weighted by Gasteiger charge is 2.51. The Morgan fingerprint density at radius 2 is 1.80 bits per heavy atom. The predicted molar refractivity (Wildman–Crippen MR) is 54.5 cm³/mol. The van der Waals surface area contributed by atoms with Gasteiger partial charge in [-0.1, -0.05) is 28.1 Å². The molecule has 0 saturated carbocycles. The van der Waals surface area contributed by atoms with E-state index in [0.29, 0.717) is 10.0 Å². The van der Waals surface area contributed by atoms with E-state index in [1.54, 1.807) is 6.07 Å². The first-order valence-corrected chi connectivity index (χ1v) is 5.02. The molecule has 0 amide bonds. The maximum Gasteiger partial charge on any atom is 0.421 e. The molecule has 0 bridgehead atoms. The van der Waals surface area contributed by atoms with Crippen molar-refractivity contribution in [3.8, 4) is 0 Å². The Morgan fingerprint density at radius 1 is 1.27 bits per heavy atom. The lowest BCUT2D eigenvalue weighted by atomic mass is 9.91. The van der Waals surface area contributed by atoms with Crippen molar-refractivity contribution < 1.29 is 18.3 Å². The lowest BCUT2D eigenvalue weighted by molar-refractivity contribution is -0.259. The molecule has 15 heavy (non-hydrogen) atoms. The van der Waals surface area contributed by atoms with Gasteiger partial charge in [-0.05, 0) is 31.0 Å². The van der Waals surface area contributed by atoms with Gasteiger partial charge in [-0.3, -0.25) is 0 Å². The van der Waals surface area contributed by atoms with Gasteiger partial charge in [0.2, 0.25) is 0 Å². The molecule has 0 aromatic heterocycles. The molecule has 1 atom stereocenters. The highest BCUT2D eigenvalue weighted by molar-refractivity contribution is 9.10. The van der Waals surface area contributed by atoms with E-state index in [4.69, 9.17) is 0 Å². The van der Waals surface area contributed by atoms with Crippen molar-refractivity contribution in [3.05, 3.63) is 33.8 Å². The maximum absolute atomic E-state index is 12.6. The summed E-state index contributed by atoms with van der Waals surface area (Å²) in [6.07, 6.45) is -4.68. The molecule has 1 unspecified atom stereocenters. The summed E-state index contributed by atoms with van der Waals surface area (Å²) in [5, 5.41) is 9.48. The first-order valence-electron chi connectivity index (χ1n) is 4.22. The summed E-state index contributed by atoms with van der Waals surface area (Å²) in [4.78, 5) is 0. The van der Waals surface area contributed by atoms with Gasteiger partial charge < -0.3 is 5.11 Å². The zero-order chi connectivity index (χ0) is 11.9. The third-order valence-electron chi connectivity index (χ3n) is 2.34. The van der Waals surface area contributed by atoms with Gasteiger partial charge in [-0.15, -0.1) is 0 Å². The van der Waals surface area contributed by atoms with Crippen LogP contribution in [0.25, 0.3) is 0 Å². The minimum Gasteiger partial charge on any atom is -0.376 e. The fourth-order valence-electron chi connectivity index (χ4n) is 1.29. The van der Waals surface area contributed by atoms with E-state index in [2.05, 4.69) is 15.9 Å². The van der Waals surface area contributed by atoms with E-state index in [1.165, 1.54) is 19.1 Å². The number of hydrogen-bond donors (Lipinski definition) is 1. The highest BCUT2D eigenvalue weighted by atomic mass is 79.9. The third kappa shape index (κ3) is 2.18. The van der Waals surface area contributed by atoms with Crippen LogP contribution in [0.15, 0.2) is 22.7 Å². The average molecular weight is 283 g/mol. The summed E-state index contributed by atoms with van der Waals surface area (Å²) in [6.45, 7) is 2.28. The van der Waals surface area contributed by atoms with Gasteiger partial charge in [0.15, 0.2) is 5.60 Å². The minimum absolute atomic E-state index is 0.135. The van der Waals surface area contributed by atoms with E-state index in [9.17, 15) is 18.3 Å². The van der Waals surface area contributed by atoms with Crippen LogP contribution in [0, 0.1) is 6.92 Å². The fourth-order valence-corrected chi connectivity index (χ4v) is 1.65. The SMILES string of the molecule is Cc1c(Br)cccc1C(C)(O)C(F)(F)F. The van der Waals surface area contributed by atoms with Gasteiger partial charge in [0.05, 0.1) is 0 Å². The van der Waals surface area contributed by atoms with Crippen LogP contribution in [0.2, 0.25) is 0 Å². The van der Waals surface area contributed by atoms with Crippen molar-refractivity contribution in [2.24, 2.45) is 0 Å². The second-order valence-electron chi connectivity index (χ2n) is 3.48. The Labute approximate surface area is 94.0 Å². The zero-order valence-electron chi connectivity index (χ0n) is 8.19. The number of alkyl halides is 3. The molecular formula is C10H10BrF3O. The summed E-state index contributed by atoms with van der Waals surface area (Å²) >= 11 is 3.13. The van der Waals surface area contributed by atoms with Crippen LogP contribution in [0.5, 0.6) is 0 Å². The smallest absolute Gasteiger partial charge is 0.376 e.